The lowest BCUT2D eigenvalue weighted by molar-refractivity contribution is 0.0916. The summed E-state index contributed by atoms with van der Waals surface area (Å²) in [7, 11) is 0. The number of hydrogen-bond acceptors (Lipinski definition) is 2. The van der Waals surface area contributed by atoms with Crippen LogP contribution in [0.1, 0.15) is 47.3 Å². The molecule has 0 saturated heterocycles. The van der Waals surface area contributed by atoms with E-state index in [1.807, 2.05) is 4.57 Å². The quantitative estimate of drug-likeness (QED) is 0.681. The zero-order chi connectivity index (χ0) is 20.0. The van der Waals surface area contributed by atoms with Crippen molar-refractivity contribution >= 4 is 5.91 Å². The molecule has 2 aliphatic rings. The van der Waals surface area contributed by atoms with Gasteiger partial charge in [0.25, 0.3) is 5.91 Å². The van der Waals surface area contributed by atoms with Gasteiger partial charge in [0, 0.05) is 11.7 Å². The van der Waals surface area contributed by atoms with E-state index in [0.717, 1.165) is 18.0 Å². The molecule has 0 aliphatic heterocycles. The lowest BCUT2D eigenvalue weighted by atomic mass is 9.95. The molecule has 2 fully saturated rings. The van der Waals surface area contributed by atoms with Crippen LogP contribution in [0.5, 0.6) is 0 Å². The number of benzene rings is 2. The first-order valence-corrected chi connectivity index (χ1v) is 10.6. The molecular formula is C25H27N3O. The molecule has 29 heavy (non-hydrogen) atoms. The van der Waals surface area contributed by atoms with Gasteiger partial charge in [-0.1, -0.05) is 47.9 Å². The maximum atomic E-state index is 12.9. The van der Waals surface area contributed by atoms with Crippen molar-refractivity contribution in [3.8, 4) is 16.8 Å². The summed E-state index contributed by atoms with van der Waals surface area (Å²) in [4.78, 5) is 17.2. The summed E-state index contributed by atoms with van der Waals surface area (Å²) < 4.78 is 1.88. The number of aryl methyl sites for hydroxylation is 2. The molecular weight excluding hydrogens is 358 g/mol. The minimum absolute atomic E-state index is 0.0153. The first-order chi connectivity index (χ1) is 14.1. The third-order valence-electron chi connectivity index (χ3n) is 6.63. The molecule has 0 spiro atoms. The van der Waals surface area contributed by atoms with Crippen LogP contribution in [0.25, 0.3) is 16.8 Å². The van der Waals surface area contributed by atoms with Crippen molar-refractivity contribution < 1.29 is 4.79 Å². The Hall–Kier alpha value is -2.88. The Balaban J connectivity index is 1.36. The van der Waals surface area contributed by atoms with Crippen molar-refractivity contribution in [3.63, 3.8) is 0 Å². The van der Waals surface area contributed by atoms with Gasteiger partial charge >= 0.3 is 0 Å². The number of imidazole rings is 1. The number of nitrogens with zero attached hydrogens (tertiary/aromatic N) is 2. The second-order valence-electron chi connectivity index (χ2n) is 8.83. The van der Waals surface area contributed by atoms with Crippen molar-refractivity contribution in [1.29, 1.82) is 0 Å². The van der Waals surface area contributed by atoms with E-state index in [9.17, 15) is 4.79 Å². The number of rotatable bonds is 4. The number of hydrogen-bond donors (Lipinski definition) is 1. The number of carbonyl (C=O) groups excluding carboxylic acids is 1. The third-order valence-corrected chi connectivity index (χ3v) is 6.63. The molecule has 5 rings (SSSR count). The number of carbonyl (C=O) groups is 1. The van der Waals surface area contributed by atoms with Crippen molar-refractivity contribution in [2.75, 3.05) is 0 Å². The fourth-order valence-corrected chi connectivity index (χ4v) is 5.29. The highest BCUT2D eigenvalue weighted by molar-refractivity contribution is 5.93. The normalized spacial score (nSPS) is 22.8. The summed E-state index contributed by atoms with van der Waals surface area (Å²) in [6.45, 7) is 4.24. The number of fused-ring (bicyclic) bond motifs is 2. The Morgan fingerprint density at radius 3 is 2.41 bits per heavy atom. The molecule has 0 unspecified atom stereocenters. The summed E-state index contributed by atoms with van der Waals surface area (Å²) >= 11 is 0. The molecule has 1 amide bonds. The summed E-state index contributed by atoms with van der Waals surface area (Å²) in [5.41, 5.74) is 6.47. The molecule has 1 heterocycles. The minimum Gasteiger partial charge on any atom is -0.348 e. The van der Waals surface area contributed by atoms with Gasteiger partial charge in [0.1, 0.15) is 5.69 Å². The molecule has 1 N–H and O–H groups in total. The molecule has 2 aromatic carbocycles. The van der Waals surface area contributed by atoms with Gasteiger partial charge in [0.15, 0.2) is 0 Å². The topological polar surface area (TPSA) is 46.9 Å². The highest BCUT2D eigenvalue weighted by Gasteiger charge is 2.40. The van der Waals surface area contributed by atoms with Crippen LogP contribution in [0, 0.1) is 25.7 Å². The maximum absolute atomic E-state index is 12.9. The highest BCUT2D eigenvalue weighted by Crippen LogP contribution is 2.44. The average molecular weight is 386 g/mol. The van der Waals surface area contributed by atoms with Crippen LogP contribution in [-0.2, 0) is 0 Å². The van der Waals surface area contributed by atoms with Gasteiger partial charge in [-0.2, -0.15) is 0 Å². The van der Waals surface area contributed by atoms with Crippen LogP contribution < -0.4 is 5.32 Å². The molecule has 2 bridgehead atoms. The van der Waals surface area contributed by atoms with Crippen LogP contribution in [0.4, 0.5) is 0 Å². The second-order valence-corrected chi connectivity index (χ2v) is 8.83. The molecule has 3 aromatic rings. The summed E-state index contributed by atoms with van der Waals surface area (Å²) in [5, 5.41) is 3.27. The van der Waals surface area contributed by atoms with Gasteiger partial charge in [-0.25, -0.2) is 4.98 Å². The van der Waals surface area contributed by atoms with Gasteiger partial charge < -0.3 is 5.32 Å². The van der Waals surface area contributed by atoms with E-state index >= 15 is 0 Å². The molecule has 3 atom stereocenters. The van der Waals surface area contributed by atoms with Gasteiger partial charge in [0.2, 0.25) is 0 Å². The first kappa shape index (κ1) is 18.2. The fraction of sp³-hybridized carbons (Fsp3) is 0.360. The highest BCUT2D eigenvalue weighted by atomic mass is 16.2. The maximum Gasteiger partial charge on any atom is 0.270 e. The van der Waals surface area contributed by atoms with Crippen molar-refractivity contribution in [3.05, 3.63) is 71.8 Å². The lowest BCUT2D eigenvalue weighted by Crippen LogP contribution is -2.39. The zero-order valence-corrected chi connectivity index (χ0v) is 17.1. The van der Waals surface area contributed by atoms with Crippen molar-refractivity contribution in [2.45, 2.75) is 45.6 Å². The molecule has 1 aromatic heterocycles. The number of amides is 1. The lowest BCUT2D eigenvalue weighted by Gasteiger charge is -2.23. The average Bonchev–Trinajstić information content (AvgIpc) is 3.44. The minimum atomic E-state index is -0.0153. The van der Waals surface area contributed by atoms with E-state index in [1.165, 1.54) is 41.5 Å². The van der Waals surface area contributed by atoms with Crippen LogP contribution >= 0.6 is 0 Å². The summed E-state index contributed by atoms with van der Waals surface area (Å²) in [6.07, 6.45) is 8.40. The van der Waals surface area contributed by atoms with Crippen molar-refractivity contribution in [1.82, 2.24) is 14.9 Å². The van der Waals surface area contributed by atoms with Crippen LogP contribution in [0.2, 0.25) is 0 Å². The van der Waals surface area contributed by atoms with Crippen molar-refractivity contribution in [2.24, 2.45) is 11.8 Å². The van der Waals surface area contributed by atoms with E-state index in [2.05, 4.69) is 66.6 Å². The predicted molar refractivity (Wildman–Crippen MR) is 115 cm³/mol. The smallest absolute Gasteiger partial charge is 0.270 e. The van der Waals surface area contributed by atoms with Gasteiger partial charge in [-0.05, 0) is 68.2 Å². The van der Waals surface area contributed by atoms with E-state index in [1.54, 1.807) is 12.5 Å². The van der Waals surface area contributed by atoms with Crippen LogP contribution in [-0.4, -0.2) is 21.5 Å². The molecule has 4 heteroatoms. The molecule has 2 saturated carbocycles. The van der Waals surface area contributed by atoms with Gasteiger partial charge in [0.05, 0.1) is 12.5 Å². The Labute approximate surface area is 172 Å². The molecule has 0 radical (unpaired) electrons. The number of aromatic nitrogens is 2. The van der Waals surface area contributed by atoms with Crippen LogP contribution in [0.15, 0.2) is 55.0 Å². The Morgan fingerprint density at radius 2 is 1.76 bits per heavy atom. The summed E-state index contributed by atoms with van der Waals surface area (Å²) in [5.74, 6) is 1.46. The van der Waals surface area contributed by atoms with E-state index in [4.69, 9.17) is 0 Å². The van der Waals surface area contributed by atoms with E-state index in [-0.39, 0.29) is 5.91 Å². The van der Waals surface area contributed by atoms with Gasteiger partial charge in [-0.3, -0.25) is 9.36 Å². The predicted octanol–water partition coefficient (Wildman–Crippen LogP) is 5.07. The first-order valence-electron chi connectivity index (χ1n) is 10.6. The largest absolute Gasteiger partial charge is 0.348 e. The fourth-order valence-electron chi connectivity index (χ4n) is 5.29. The SMILES string of the molecule is Cc1cc(C)cc(-c2ccc(-n3cncc3C(=O)N[C@H]3C[C@H]4CC[C@H]3C4)cc2)c1. The zero-order valence-electron chi connectivity index (χ0n) is 17.1. The van der Waals surface area contributed by atoms with E-state index in [0.29, 0.717) is 17.7 Å². The molecule has 4 nitrogen and oxygen atoms in total. The standard InChI is InChI=1S/C25H27N3O/c1-16-9-17(2)11-21(10-16)19-5-7-22(8-6-19)28-15-26-14-24(28)25(29)27-23-13-18-3-4-20(23)12-18/h5-11,14-15,18,20,23H,3-4,12-13H2,1-2H3,(H,27,29)/t18-,20-,23-/m0/s1. The van der Waals surface area contributed by atoms with E-state index < -0.39 is 0 Å². The third kappa shape index (κ3) is 3.48. The second kappa shape index (κ2) is 7.18. The Kier molecular flexibility index (Phi) is 4.50. The Bertz CT molecular complexity index is 1030. The molecule has 148 valence electrons. The van der Waals surface area contributed by atoms with Gasteiger partial charge in [-0.15, -0.1) is 0 Å². The van der Waals surface area contributed by atoms with Crippen LogP contribution in [0.3, 0.4) is 0 Å². The Morgan fingerprint density at radius 1 is 1.00 bits per heavy atom. The number of nitrogens with one attached hydrogen (secondary N) is 1. The molecule has 2 aliphatic carbocycles. The summed E-state index contributed by atoms with van der Waals surface area (Å²) in [6, 6.07) is 15.3. The monoisotopic (exact) mass is 385 g/mol.